The molecule has 1 aromatic carbocycles. The molecule has 1 aliphatic carbocycles. The highest BCUT2D eigenvalue weighted by atomic mass is 32.1. The molecule has 6 heteroatoms. The number of hydrogen-bond donors (Lipinski definition) is 3. The van der Waals surface area contributed by atoms with E-state index >= 15 is 0 Å². The Labute approximate surface area is 145 Å². The van der Waals surface area contributed by atoms with Gasteiger partial charge in [0.1, 0.15) is 0 Å². The van der Waals surface area contributed by atoms with Gasteiger partial charge >= 0.3 is 0 Å². The summed E-state index contributed by atoms with van der Waals surface area (Å²) in [6, 6.07) is 10.0. The topological polar surface area (TPSA) is 53.2 Å². The number of thiocarbonyl (C=S) groups is 1. The highest BCUT2D eigenvalue weighted by molar-refractivity contribution is 7.80. The lowest BCUT2D eigenvalue weighted by Gasteiger charge is -2.11. The van der Waals surface area contributed by atoms with E-state index < -0.39 is 0 Å². The number of carbonyl (C=O) groups excluding carboxylic acids is 1. The molecule has 0 bridgehead atoms. The molecule has 2 aromatic rings. The van der Waals surface area contributed by atoms with Crippen molar-refractivity contribution in [3.63, 3.8) is 0 Å². The summed E-state index contributed by atoms with van der Waals surface area (Å²) in [5.74, 6) is -0.144. The molecule has 23 heavy (non-hydrogen) atoms. The van der Waals surface area contributed by atoms with Gasteiger partial charge in [-0.05, 0) is 67.2 Å². The van der Waals surface area contributed by atoms with Crippen LogP contribution in [0.2, 0.25) is 0 Å². The molecule has 0 fully saturated rings. The Balaban J connectivity index is 1.50. The Bertz CT molecular complexity index is 700. The van der Waals surface area contributed by atoms with Crippen LogP contribution < -0.4 is 16.2 Å². The first-order valence-electron chi connectivity index (χ1n) is 7.73. The Morgan fingerprint density at radius 2 is 2.00 bits per heavy atom. The predicted molar refractivity (Wildman–Crippen MR) is 99.0 cm³/mol. The Morgan fingerprint density at radius 3 is 2.70 bits per heavy atom. The molecule has 1 aromatic heterocycles. The van der Waals surface area contributed by atoms with E-state index in [1.54, 1.807) is 11.3 Å². The van der Waals surface area contributed by atoms with Gasteiger partial charge in [0.2, 0.25) is 0 Å². The third-order valence-corrected chi connectivity index (χ3v) is 5.32. The zero-order valence-corrected chi connectivity index (χ0v) is 14.6. The summed E-state index contributed by atoms with van der Waals surface area (Å²) in [5.41, 5.74) is 8.88. The summed E-state index contributed by atoms with van der Waals surface area (Å²) in [4.78, 5) is 14.2. The number of hydrogen-bond acceptors (Lipinski definition) is 3. The van der Waals surface area contributed by atoms with Crippen molar-refractivity contribution in [3.05, 3.63) is 51.2 Å². The summed E-state index contributed by atoms with van der Waals surface area (Å²) in [7, 11) is 0. The van der Waals surface area contributed by atoms with Gasteiger partial charge in [-0.1, -0.05) is 19.1 Å². The highest BCUT2D eigenvalue weighted by Crippen LogP contribution is 2.30. The normalized spacial score (nSPS) is 12.6. The third-order valence-electron chi connectivity index (χ3n) is 3.88. The number of anilines is 1. The van der Waals surface area contributed by atoms with Crippen molar-refractivity contribution in [3.8, 4) is 0 Å². The van der Waals surface area contributed by atoms with E-state index in [1.807, 2.05) is 18.2 Å². The van der Waals surface area contributed by atoms with Gasteiger partial charge in [0, 0.05) is 10.6 Å². The molecule has 1 heterocycles. The lowest BCUT2D eigenvalue weighted by atomic mass is 10.1. The van der Waals surface area contributed by atoms with Crippen molar-refractivity contribution in [2.24, 2.45) is 0 Å². The predicted octanol–water partition coefficient (Wildman–Crippen LogP) is 3.43. The largest absolute Gasteiger partial charge is 0.331 e. The summed E-state index contributed by atoms with van der Waals surface area (Å²) in [6.07, 6.45) is 4.38. The van der Waals surface area contributed by atoms with Gasteiger partial charge < -0.3 is 5.32 Å². The van der Waals surface area contributed by atoms with Crippen LogP contribution in [-0.2, 0) is 19.3 Å². The number of fused-ring (bicyclic) bond motifs is 1. The van der Waals surface area contributed by atoms with E-state index in [-0.39, 0.29) is 5.91 Å². The molecule has 1 amide bonds. The lowest BCUT2D eigenvalue weighted by molar-refractivity contribution is 0.0948. The summed E-state index contributed by atoms with van der Waals surface area (Å²) >= 11 is 6.77. The molecule has 4 nitrogen and oxygen atoms in total. The van der Waals surface area contributed by atoms with Crippen LogP contribution in [0.3, 0.4) is 0 Å². The maximum atomic E-state index is 12.1. The van der Waals surface area contributed by atoms with Gasteiger partial charge in [0.05, 0.1) is 4.88 Å². The average Bonchev–Trinajstić information content (AvgIpc) is 3.15. The van der Waals surface area contributed by atoms with E-state index in [2.05, 4.69) is 35.2 Å². The average molecular weight is 345 g/mol. The van der Waals surface area contributed by atoms with Crippen molar-refractivity contribution in [2.45, 2.75) is 32.6 Å². The zero-order valence-electron chi connectivity index (χ0n) is 12.9. The van der Waals surface area contributed by atoms with Crippen molar-refractivity contribution in [2.75, 3.05) is 5.32 Å². The molecule has 0 saturated carbocycles. The number of nitrogens with one attached hydrogen (secondary N) is 3. The highest BCUT2D eigenvalue weighted by Gasteiger charge is 2.18. The minimum atomic E-state index is -0.144. The molecule has 0 aliphatic heterocycles. The van der Waals surface area contributed by atoms with Gasteiger partial charge in [0.25, 0.3) is 5.91 Å². The molecule has 3 rings (SSSR count). The van der Waals surface area contributed by atoms with Crippen LogP contribution in [0.25, 0.3) is 0 Å². The number of benzene rings is 1. The molecular formula is C17H19N3OS2. The summed E-state index contributed by atoms with van der Waals surface area (Å²) < 4.78 is 0. The number of aryl methyl sites for hydroxylation is 3. The van der Waals surface area contributed by atoms with Crippen LogP contribution in [-0.4, -0.2) is 11.0 Å². The molecular weight excluding hydrogens is 326 g/mol. The fourth-order valence-corrected chi connectivity index (χ4v) is 3.92. The van der Waals surface area contributed by atoms with E-state index in [1.165, 1.54) is 22.4 Å². The number of rotatable bonds is 3. The van der Waals surface area contributed by atoms with Gasteiger partial charge in [-0.3, -0.25) is 15.6 Å². The van der Waals surface area contributed by atoms with Crippen molar-refractivity contribution in [1.82, 2.24) is 10.9 Å². The first kappa shape index (κ1) is 16.0. The SMILES string of the molecule is CCc1ccc(NC(=S)NNC(=O)c2cc3c(s2)CCC3)cc1. The van der Waals surface area contributed by atoms with Gasteiger partial charge in [0.15, 0.2) is 5.11 Å². The minimum Gasteiger partial charge on any atom is -0.331 e. The first-order valence-corrected chi connectivity index (χ1v) is 8.96. The molecule has 0 radical (unpaired) electrons. The molecule has 0 atom stereocenters. The number of amides is 1. The Morgan fingerprint density at radius 1 is 1.22 bits per heavy atom. The fourth-order valence-electron chi connectivity index (χ4n) is 2.60. The standard InChI is InChI=1S/C17H19N3OS2/c1-2-11-6-8-13(9-7-11)18-17(22)20-19-16(21)15-10-12-4-3-5-14(12)23-15/h6-10H,2-5H2,1H3,(H,19,21)(H2,18,20,22). The second-order valence-corrected chi connectivity index (χ2v) is 7.04. The van der Waals surface area contributed by atoms with E-state index in [4.69, 9.17) is 12.2 Å². The maximum absolute atomic E-state index is 12.1. The molecule has 0 unspecified atom stereocenters. The van der Waals surface area contributed by atoms with Gasteiger partial charge in [-0.25, -0.2) is 0 Å². The van der Waals surface area contributed by atoms with E-state index in [9.17, 15) is 4.79 Å². The van der Waals surface area contributed by atoms with Crippen LogP contribution in [0, 0.1) is 0 Å². The molecule has 0 saturated heterocycles. The first-order chi connectivity index (χ1) is 11.2. The Hall–Kier alpha value is -1.92. The zero-order chi connectivity index (χ0) is 16.2. The smallest absolute Gasteiger partial charge is 0.279 e. The van der Waals surface area contributed by atoms with Crippen molar-refractivity contribution >= 4 is 40.3 Å². The molecule has 0 spiro atoms. The van der Waals surface area contributed by atoms with Gasteiger partial charge in [-0.15, -0.1) is 11.3 Å². The number of carbonyl (C=O) groups is 1. The molecule has 3 N–H and O–H groups in total. The quantitative estimate of drug-likeness (QED) is 0.589. The van der Waals surface area contributed by atoms with Crippen LogP contribution in [0.5, 0.6) is 0 Å². The van der Waals surface area contributed by atoms with Gasteiger partial charge in [-0.2, -0.15) is 0 Å². The Kier molecular flexibility index (Phi) is 4.93. The summed E-state index contributed by atoms with van der Waals surface area (Å²) in [6.45, 7) is 2.12. The third kappa shape index (κ3) is 3.89. The second kappa shape index (κ2) is 7.10. The van der Waals surface area contributed by atoms with Crippen molar-refractivity contribution < 1.29 is 4.79 Å². The fraction of sp³-hybridized carbons (Fsp3) is 0.294. The van der Waals surface area contributed by atoms with Crippen LogP contribution in [0.15, 0.2) is 30.3 Å². The van der Waals surface area contributed by atoms with Crippen LogP contribution in [0.1, 0.15) is 39.0 Å². The van der Waals surface area contributed by atoms with Crippen LogP contribution >= 0.6 is 23.6 Å². The minimum absolute atomic E-state index is 0.144. The van der Waals surface area contributed by atoms with Crippen molar-refractivity contribution in [1.29, 1.82) is 0 Å². The number of hydrazine groups is 1. The summed E-state index contributed by atoms with van der Waals surface area (Å²) in [5, 5.41) is 3.42. The monoisotopic (exact) mass is 345 g/mol. The molecule has 1 aliphatic rings. The van der Waals surface area contributed by atoms with Crippen LogP contribution in [0.4, 0.5) is 5.69 Å². The number of thiophene rings is 1. The maximum Gasteiger partial charge on any atom is 0.279 e. The second-order valence-electron chi connectivity index (χ2n) is 5.50. The molecule has 120 valence electrons. The van der Waals surface area contributed by atoms with E-state index in [0.717, 1.165) is 29.8 Å². The lowest BCUT2D eigenvalue weighted by Crippen LogP contribution is -2.43. The van der Waals surface area contributed by atoms with E-state index in [0.29, 0.717) is 5.11 Å².